The number of carboxylic acid groups (broad SMARTS) is 1. The Morgan fingerprint density at radius 2 is 1.90 bits per heavy atom. The third-order valence-corrected chi connectivity index (χ3v) is 7.13. The van der Waals surface area contributed by atoms with Crippen molar-refractivity contribution in [1.29, 1.82) is 0 Å². The van der Waals surface area contributed by atoms with Crippen LogP contribution < -0.4 is 5.73 Å². The van der Waals surface area contributed by atoms with Gasteiger partial charge in [0.2, 0.25) is 0 Å². The number of hydrogen-bond acceptors (Lipinski definition) is 8. The van der Waals surface area contributed by atoms with Crippen LogP contribution in [0.3, 0.4) is 0 Å². The van der Waals surface area contributed by atoms with Crippen LogP contribution in [0.2, 0.25) is 6.32 Å². The normalized spacial score (nSPS) is 14.7. The van der Waals surface area contributed by atoms with E-state index < -0.39 is 45.0 Å². The molecule has 0 saturated heterocycles. The highest BCUT2D eigenvalue weighted by Gasteiger charge is 2.40. The maximum atomic E-state index is 12.6. The molecule has 0 radical (unpaired) electrons. The molecule has 1 aromatic rings. The van der Waals surface area contributed by atoms with Crippen molar-refractivity contribution in [2.75, 3.05) is 5.75 Å². The molecule has 5 N–H and O–H groups in total. The molecule has 1 aromatic carbocycles. The van der Waals surface area contributed by atoms with Gasteiger partial charge in [-0.2, -0.15) is 0 Å². The summed E-state index contributed by atoms with van der Waals surface area (Å²) >= 11 is 0. The third kappa shape index (κ3) is 7.04. The number of rotatable bonds is 14. The zero-order valence-corrected chi connectivity index (χ0v) is 17.8. The van der Waals surface area contributed by atoms with Crippen molar-refractivity contribution in [2.24, 2.45) is 11.7 Å². The molecule has 1 rings (SSSR count). The molecule has 30 heavy (non-hydrogen) atoms. The number of nitro groups is 1. The zero-order chi connectivity index (χ0) is 22.9. The number of sulfone groups is 1. The number of benzene rings is 1. The maximum absolute atomic E-state index is 12.6. The summed E-state index contributed by atoms with van der Waals surface area (Å²) < 4.78 is 25.2. The fraction of sp³-hybridized carbons (Fsp3) is 0.611. The molecule has 0 fully saturated rings. The van der Waals surface area contributed by atoms with Gasteiger partial charge in [-0.15, -0.1) is 0 Å². The van der Waals surface area contributed by atoms with Crippen LogP contribution in [0.15, 0.2) is 29.2 Å². The number of nitro benzene ring substituents is 1. The van der Waals surface area contributed by atoms with Gasteiger partial charge in [-0.3, -0.25) is 14.9 Å². The second kappa shape index (κ2) is 11.4. The van der Waals surface area contributed by atoms with Crippen molar-refractivity contribution in [3.05, 3.63) is 34.4 Å². The Morgan fingerprint density at radius 3 is 2.43 bits per heavy atom. The summed E-state index contributed by atoms with van der Waals surface area (Å²) in [6.45, 7) is 1.77. The van der Waals surface area contributed by atoms with E-state index in [1.165, 1.54) is 18.2 Å². The molecule has 0 heterocycles. The van der Waals surface area contributed by atoms with Crippen LogP contribution in [0, 0.1) is 16.0 Å². The first-order valence-electron chi connectivity index (χ1n) is 9.80. The SMILES string of the molecule is CCC(CCCS(=O)(=O)c1ccccc1[N+](=O)[O-])C(N)(CCCCB(O)O)C(=O)O. The first kappa shape index (κ1) is 26.0. The Balaban J connectivity index is 2.84. The monoisotopic (exact) mass is 444 g/mol. The summed E-state index contributed by atoms with van der Waals surface area (Å²) in [6.07, 6.45) is 1.75. The molecular formula is C18H29BN2O8S. The Morgan fingerprint density at radius 1 is 1.27 bits per heavy atom. The van der Waals surface area contributed by atoms with E-state index in [2.05, 4.69) is 0 Å². The molecule has 0 aliphatic rings. The van der Waals surface area contributed by atoms with Gasteiger partial charge in [0.25, 0.3) is 5.69 Å². The molecule has 12 heteroatoms. The molecule has 2 unspecified atom stereocenters. The molecule has 0 spiro atoms. The quantitative estimate of drug-likeness (QED) is 0.143. The maximum Gasteiger partial charge on any atom is 0.451 e. The second-order valence-corrected chi connectivity index (χ2v) is 9.44. The lowest BCUT2D eigenvalue weighted by Gasteiger charge is -2.33. The minimum atomic E-state index is -3.92. The Labute approximate surface area is 176 Å². The first-order valence-corrected chi connectivity index (χ1v) is 11.5. The van der Waals surface area contributed by atoms with Gasteiger partial charge < -0.3 is 20.9 Å². The zero-order valence-electron chi connectivity index (χ0n) is 16.9. The molecule has 0 amide bonds. The van der Waals surface area contributed by atoms with E-state index in [1.807, 2.05) is 0 Å². The van der Waals surface area contributed by atoms with Crippen molar-refractivity contribution in [1.82, 2.24) is 0 Å². The molecule has 10 nitrogen and oxygen atoms in total. The Bertz CT molecular complexity index is 833. The number of para-hydroxylation sites is 1. The van der Waals surface area contributed by atoms with Gasteiger partial charge in [0, 0.05) is 6.07 Å². The topological polar surface area (TPSA) is 181 Å². The largest absolute Gasteiger partial charge is 0.480 e. The average molecular weight is 444 g/mol. The number of carboxylic acids is 1. The summed E-state index contributed by atoms with van der Waals surface area (Å²) in [5.74, 6) is -2.06. The number of unbranched alkanes of at least 4 members (excludes halogenated alkanes) is 1. The van der Waals surface area contributed by atoms with Crippen LogP contribution in [0.4, 0.5) is 5.69 Å². The van der Waals surface area contributed by atoms with E-state index in [-0.39, 0.29) is 36.2 Å². The van der Waals surface area contributed by atoms with Crippen molar-refractivity contribution in [2.45, 2.75) is 62.2 Å². The summed E-state index contributed by atoms with van der Waals surface area (Å²) in [6, 6.07) is 5.11. The van der Waals surface area contributed by atoms with Crippen LogP contribution in [0.25, 0.3) is 0 Å². The lowest BCUT2D eigenvalue weighted by atomic mass is 9.75. The Hall–Kier alpha value is -2.02. The highest BCUT2D eigenvalue weighted by Crippen LogP contribution is 2.31. The number of hydrogen-bond donors (Lipinski definition) is 4. The van der Waals surface area contributed by atoms with Gasteiger partial charge in [0.1, 0.15) is 10.4 Å². The van der Waals surface area contributed by atoms with E-state index in [4.69, 9.17) is 15.8 Å². The van der Waals surface area contributed by atoms with Gasteiger partial charge in [0.05, 0.1) is 10.7 Å². The van der Waals surface area contributed by atoms with Crippen molar-refractivity contribution < 1.29 is 33.3 Å². The molecule has 2 atom stereocenters. The van der Waals surface area contributed by atoms with Crippen LogP contribution >= 0.6 is 0 Å². The minimum absolute atomic E-state index is 0.106. The van der Waals surface area contributed by atoms with Crippen molar-refractivity contribution in [3.8, 4) is 0 Å². The summed E-state index contributed by atoms with van der Waals surface area (Å²) in [7, 11) is -5.38. The molecule has 0 aromatic heterocycles. The summed E-state index contributed by atoms with van der Waals surface area (Å²) in [5.41, 5.74) is 4.11. The predicted molar refractivity (Wildman–Crippen MR) is 112 cm³/mol. The Kier molecular flexibility index (Phi) is 9.88. The first-order chi connectivity index (χ1) is 14.0. The lowest BCUT2D eigenvalue weighted by Crippen LogP contribution is -2.54. The van der Waals surface area contributed by atoms with Gasteiger partial charge >= 0.3 is 13.1 Å². The highest BCUT2D eigenvalue weighted by molar-refractivity contribution is 7.91. The lowest BCUT2D eigenvalue weighted by molar-refractivity contribution is -0.387. The summed E-state index contributed by atoms with van der Waals surface area (Å²) in [5, 5.41) is 38.5. The van der Waals surface area contributed by atoms with Gasteiger partial charge in [-0.1, -0.05) is 38.3 Å². The summed E-state index contributed by atoms with van der Waals surface area (Å²) in [4.78, 5) is 21.8. The molecular weight excluding hydrogens is 415 g/mol. The number of nitrogens with two attached hydrogens (primary N) is 1. The van der Waals surface area contributed by atoms with Gasteiger partial charge in [0.15, 0.2) is 9.84 Å². The third-order valence-electron chi connectivity index (χ3n) is 5.28. The smallest absolute Gasteiger partial charge is 0.451 e. The fourth-order valence-corrected chi connectivity index (χ4v) is 5.07. The highest BCUT2D eigenvalue weighted by atomic mass is 32.2. The van der Waals surface area contributed by atoms with Crippen LogP contribution in [-0.4, -0.2) is 52.9 Å². The molecule has 0 aliphatic carbocycles. The van der Waals surface area contributed by atoms with Crippen molar-refractivity contribution in [3.63, 3.8) is 0 Å². The van der Waals surface area contributed by atoms with Crippen molar-refractivity contribution >= 4 is 28.6 Å². The van der Waals surface area contributed by atoms with E-state index in [1.54, 1.807) is 6.92 Å². The van der Waals surface area contributed by atoms with Gasteiger partial charge in [-0.25, -0.2) is 8.42 Å². The number of carbonyl (C=O) groups is 1. The minimum Gasteiger partial charge on any atom is -0.480 e. The van der Waals surface area contributed by atoms with E-state index >= 15 is 0 Å². The second-order valence-electron chi connectivity index (χ2n) is 7.36. The van der Waals surface area contributed by atoms with E-state index in [9.17, 15) is 28.4 Å². The molecule has 168 valence electrons. The molecule has 0 saturated carbocycles. The van der Waals surface area contributed by atoms with E-state index in [0.717, 1.165) is 6.07 Å². The van der Waals surface area contributed by atoms with E-state index in [0.29, 0.717) is 19.3 Å². The van der Waals surface area contributed by atoms with Gasteiger partial charge in [-0.05, 0) is 37.6 Å². The van der Waals surface area contributed by atoms with Crippen LogP contribution in [0.1, 0.15) is 45.4 Å². The standard InChI is InChI=1S/C18H29BN2O8S/c1-2-14(18(20,17(22)23)11-5-6-12-19(24)25)8-7-13-30(28,29)16-10-4-3-9-15(16)21(26)27/h3-4,9-10,14,24-25H,2,5-8,11-13,20H2,1H3,(H,22,23). The van der Waals surface area contributed by atoms with Crippen LogP contribution in [-0.2, 0) is 14.6 Å². The average Bonchev–Trinajstić information content (AvgIpc) is 2.68. The van der Waals surface area contributed by atoms with Crippen LogP contribution in [0.5, 0.6) is 0 Å². The molecule has 0 bridgehead atoms. The number of aliphatic carboxylic acids is 1. The molecule has 0 aliphatic heterocycles. The number of nitrogens with zero attached hydrogens (tertiary/aromatic N) is 1. The predicted octanol–water partition coefficient (Wildman–Crippen LogP) is 1.60. The fourth-order valence-electron chi connectivity index (χ4n) is 3.56.